The van der Waals surface area contributed by atoms with Crippen LogP contribution < -0.4 is 10.1 Å². The molecular weight excluding hydrogens is 398 g/mol. The van der Waals surface area contributed by atoms with Crippen LogP contribution in [0.4, 0.5) is 0 Å². The minimum atomic E-state index is -0.00122. The van der Waals surface area contributed by atoms with Gasteiger partial charge in [0.1, 0.15) is 5.75 Å². The van der Waals surface area contributed by atoms with Gasteiger partial charge in [-0.05, 0) is 22.8 Å². The van der Waals surface area contributed by atoms with Crippen LogP contribution in [-0.4, -0.2) is 22.3 Å². The Kier molecular flexibility index (Phi) is 5.71. The van der Waals surface area contributed by atoms with E-state index in [1.807, 2.05) is 71.5 Å². The van der Waals surface area contributed by atoms with Crippen LogP contribution in [0.2, 0.25) is 0 Å². The highest BCUT2D eigenvalue weighted by atomic mass is 16.5. The number of amides is 1. The first kappa shape index (κ1) is 20.1. The fourth-order valence-corrected chi connectivity index (χ4v) is 4.07. The van der Waals surface area contributed by atoms with Crippen molar-refractivity contribution in [1.29, 1.82) is 0 Å². The van der Waals surface area contributed by atoms with Crippen molar-refractivity contribution in [3.8, 4) is 17.0 Å². The topological polar surface area (TPSA) is 56.1 Å². The minimum Gasteiger partial charge on any atom is -0.493 e. The fourth-order valence-electron chi connectivity index (χ4n) is 4.07. The van der Waals surface area contributed by atoms with E-state index in [1.165, 1.54) is 11.1 Å². The third-order valence-electron chi connectivity index (χ3n) is 5.67. The van der Waals surface area contributed by atoms with Crippen molar-refractivity contribution >= 4 is 5.91 Å². The lowest BCUT2D eigenvalue weighted by molar-refractivity contribution is -0.120. The highest BCUT2D eigenvalue weighted by Gasteiger charge is 2.15. The van der Waals surface area contributed by atoms with E-state index < -0.39 is 0 Å². The molecule has 1 N–H and O–H groups in total. The number of ether oxygens (including phenoxy) is 1. The van der Waals surface area contributed by atoms with E-state index in [4.69, 9.17) is 9.84 Å². The zero-order valence-electron chi connectivity index (χ0n) is 17.8. The van der Waals surface area contributed by atoms with Gasteiger partial charge in [0.05, 0.1) is 25.3 Å². The molecule has 0 saturated carbocycles. The SMILES string of the molecule is O=C(Cc1ccc2c(c1)CCO2)NCc1cn(Cc2ccccc2)nc1-c1ccccc1. The third-order valence-corrected chi connectivity index (χ3v) is 5.67. The molecule has 0 spiro atoms. The number of rotatable bonds is 7. The molecule has 0 saturated heterocycles. The first-order chi connectivity index (χ1) is 15.7. The van der Waals surface area contributed by atoms with Gasteiger partial charge in [0.2, 0.25) is 5.91 Å². The van der Waals surface area contributed by atoms with Gasteiger partial charge in [0, 0.05) is 30.3 Å². The molecule has 5 nitrogen and oxygen atoms in total. The maximum Gasteiger partial charge on any atom is 0.224 e. The summed E-state index contributed by atoms with van der Waals surface area (Å²) < 4.78 is 7.50. The van der Waals surface area contributed by atoms with Gasteiger partial charge in [-0.15, -0.1) is 0 Å². The maximum absolute atomic E-state index is 12.7. The van der Waals surface area contributed by atoms with Crippen molar-refractivity contribution < 1.29 is 9.53 Å². The number of hydrogen-bond acceptors (Lipinski definition) is 3. The van der Waals surface area contributed by atoms with Crippen LogP contribution >= 0.6 is 0 Å². The molecule has 0 aliphatic carbocycles. The zero-order chi connectivity index (χ0) is 21.8. The Bertz CT molecular complexity index is 1220. The number of nitrogens with zero attached hydrogens (tertiary/aromatic N) is 2. The molecule has 0 radical (unpaired) electrons. The van der Waals surface area contributed by atoms with Gasteiger partial charge in [0.25, 0.3) is 0 Å². The average Bonchev–Trinajstić information content (AvgIpc) is 3.45. The summed E-state index contributed by atoms with van der Waals surface area (Å²) >= 11 is 0. The molecule has 4 aromatic rings. The molecule has 5 rings (SSSR count). The first-order valence-electron chi connectivity index (χ1n) is 10.9. The summed E-state index contributed by atoms with van der Waals surface area (Å²) in [5.41, 5.74) is 6.32. The lowest BCUT2D eigenvalue weighted by Crippen LogP contribution is -2.24. The van der Waals surface area contributed by atoms with E-state index >= 15 is 0 Å². The summed E-state index contributed by atoms with van der Waals surface area (Å²) in [5.74, 6) is 0.936. The van der Waals surface area contributed by atoms with E-state index in [1.54, 1.807) is 0 Å². The van der Waals surface area contributed by atoms with Crippen LogP contribution in [0, 0.1) is 0 Å². The summed E-state index contributed by atoms with van der Waals surface area (Å²) in [5, 5.41) is 7.91. The predicted molar refractivity (Wildman–Crippen MR) is 124 cm³/mol. The maximum atomic E-state index is 12.7. The lowest BCUT2D eigenvalue weighted by Gasteiger charge is -2.07. The van der Waals surface area contributed by atoms with Gasteiger partial charge in [-0.3, -0.25) is 9.48 Å². The molecule has 160 valence electrons. The number of hydrogen-bond donors (Lipinski definition) is 1. The van der Waals surface area contributed by atoms with Crippen molar-refractivity contribution in [3.63, 3.8) is 0 Å². The summed E-state index contributed by atoms with van der Waals surface area (Å²) in [6.45, 7) is 1.85. The van der Waals surface area contributed by atoms with Crippen LogP contribution in [0.15, 0.2) is 85.1 Å². The Hall–Kier alpha value is -3.86. The second-order valence-corrected chi connectivity index (χ2v) is 8.05. The second kappa shape index (κ2) is 9.10. The molecule has 5 heteroatoms. The first-order valence-corrected chi connectivity index (χ1v) is 10.9. The molecule has 0 atom stereocenters. The summed E-state index contributed by atoms with van der Waals surface area (Å²) in [6, 6.07) is 26.4. The van der Waals surface area contributed by atoms with Gasteiger partial charge in [0.15, 0.2) is 0 Å². The molecule has 0 unspecified atom stereocenters. The molecule has 2 heterocycles. The molecule has 1 amide bonds. The van der Waals surface area contributed by atoms with Gasteiger partial charge < -0.3 is 10.1 Å². The Morgan fingerprint density at radius 1 is 0.969 bits per heavy atom. The Balaban J connectivity index is 1.31. The number of fused-ring (bicyclic) bond motifs is 1. The van der Waals surface area contributed by atoms with Crippen LogP contribution in [0.5, 0.6) is 5.75 Å². The van der Waals surface area contributed by atoms with Crippen LogP contribution in [0.25, 0.3) is 11.3 Å². The van der Waals surface area contributed by atoms with Crippen molar-refractivity contribution in [1.82, 2.24) is 15.1 Å². The van der Waals surface area contributed by atoms with Crippen LogP contribution in [-0.2, 0) is 30.7 Å². The van der Waals surface area contributed by atoms with Gasteiger partial charge in [-0.2, -0.15) is 5.10 Å². The fraction of sp³-hybridized carbons (Fsp3) is 0.185. The largest absolute Gasteiger partial charge is 0.493 e. The summed E-state index contributed by atoms with van der Waals surface area (Å²) in [6.07, 6.45) is 3.29. The van der Waals surface area contributed by atoms with Gasteiger partial charge in [-0.1, -0.05) is 72.8 Å². The van der Waals surface area contributed by atoms with E-state index in [9.17, 15) is 4.79 Å². The Morgan fingerprint density at radius 2 is 1.75 bits per heavy atom. The smallest absolute Gasteiger partial charge is 0.224 e. The van der Waals surface area contributed by atoms with Crippen molar-refractivity contribution in [3.05, 3.63) is 107 Å². The zero-order valence-corrected chi connectivity index (χ0v) is 17.8. The molecule has 1 aromatic heterocycles. The summed E-state index contributed by atoms with van der Waals surface area (Å²) in [7, 11) is 0. The minimum absolute atomic E-state index is 0.00122. The summed E-state index contributed by atoms with van der Waals surface area (Å²) in [4.78, 5) is 12.7. The average molecular weight is 424 g/mol. The van der Waals surface area contributed by atoms with Crippen molar-refractivity contribution in [2.24, 2.45) is 0 Å². The van der Waals surface area contributed by atoms with E-state index in [0.717, 1.165) is 41.2 Å². The second-order valence-electron chi connectivity index (χ2n) is 8.05. The number of aromatic nitrogens is 2. The number of carbonyl (C=O) groups excluding carboxylic acids is 1. The molecule has 1 aliphatic rings. The number of nitrogens with one attached hydrogen (secondary N) is 1. The molecular formula is C27H25N3O2. The monoisotopic (exact) mass is 423 g/mol. The Labute approximate surface area is 187 Å². The van der Waals surface area contributed by atoms with Crippen LogP contribution in [0.3, 0.4) is 0 Å². The molecule has 3 aromatic carbocycles. The number of benzene rings is 3. The number of carbonyl (C=O) groups is 1. The lowest BCUT2D eigenvalue weighted by atomic mass is 10.1. The normalized spacial score (nSPS) is 12.2. The third kappa shape index (κ3) is 4.57. The molecule has 32 heavy (non-hydrogen) atoms. The van der Waals surface area contributed by atoms with Crippen molar-refractivity contribution in [2.45, 2.75) is 25.9 Å². The highest BCUT2D eigenvalue weighted by Crippen LogP contribution is 2.26. The highest BCUT2D eigenvalue weighted by molar-refractivity contribution is 5.79. The quantitative estimate of drug-likeness (QED) is 0.480. The molecule has 0 bridgehead atoms. The van der Waals surface area contributed by atoms with E-state index in [-0.39, 0.29) is 5.91 Å². The predicted octanol–water partition coefficient (Wildman–Crippen LogP) is 4.39. The van der Waals surface area contributed by atoms with Crippen LogP contribution in [0.1, 0.15) is 22.3 Å². The molecule has 1 aliphatic heterocycles. The standard InChI is InChI=1S/C27H25N3O2/c31-26(16-21-11-12-25-23(15-21)13-14-32-25)28-17-24-19-30(18-20-7-3-1-4-8-20)29-27(24)22-9-5-2-6-10-22/h1-12,15,19H,13-14,16-18H2,(H,28,31). The van der Waals surface area contributed by atoms with E-state index in [0.29, 0.717) is 19.5 Å². The molecule has 0 fully saturated rings. The van der Waals surface area contributed by atoms with E-state index in [2.05, 4.69) is 23.5 Å². The van der Waals surface area contributed by atoms with Gasteiger partial charge in [-0.25, -0.2) is 0 Å². The van der Waals surface area contributed by atoms with Crippen molar-refractivity contribution in [2.75, 3.05) is 6.61 Å². The Morgan fingerprint density at radius 3 is 2.56 bits per heavy atom. The van der Waals surface area contributed by atoms with Gasteiger partial charge >= 0.3 is 0 Å².